The fourth-order valence-corrected chi connectivity index (χ4v) is 3.75. The largest absolute Gasteiger partial charge is 0.464 e. The van der Waals surface area contributed by atoms with Gasteiger partial charge in [0.1, 0.15) is 11.6 Å². The van der Waals surface area contributed by atoms with Crippen molar-refractivity contribution in [1.82, 2.24) is 4.90 Å². The first-order valence-corrected chi connectivity index (χ1v) is 8.02. The molecule has 4 atom stereocenters. The Labute approximate surface area is 132 Å². The van der Waals surface area contributed by atoms with Crippen LogP contribution in [0.25, 0.3) is 0 Å². The summed E-state index contributed by atoms with van der Waals surface area (Å²) in [6, 6.07) is -0.614. The number of allylic oxidation sites excluding steroid dienone is 1. The van der Waals surface area contributed by atoms with Gasteiger partial charge in [0.15, 0.2) is 0 Å². The first-order valence-electron chi connectivity index (χ1n) is 8.02. The van der Waals surface area contributed by atoms with E-state index in [2.05, 4.69) is 13.0 Å². The Morgan fingerprint density at radius 3 is 2.55 bits per heavy atom. The van der Waals surface area contributed by atoms with Crippen LogP contribution in [0.4, 0.5) is 4.79 Å². The minimum absolute atomic E-state index is 0.0620. The maximum atomic E-state index is 12.6. The van der Waals surface area contributed by atoms with Crippen molar-refractivity contribution in [1.29, 1.82) is 0 Å². The van der Waals surface area contributed by atoms with Crippen molar-refractivity contribution < 1.29 is 19.1 Å². The summed E-state index contributed by atoms with van der Waals surface area (Å²) in [7, 11) is 0. The summed E-state index contributed by atoms with van der Waals surface area (Å²) < 4.78 is 10.7. The second-order valence-electron chi connectivity index (χ2n) is 7.20. The van der Waals surface area contributed by atoms with E-state index < -0.39 is 17.7 Å². The first-order chi connectivity index (χ1) is 10.2. The van der Waals surface area contributed by atoms with Gasteiger partial charge in [0.2, 0.25) is 0 Å². The lowest BCUT2D eigenvalue weighted by atomic mass is 9.87. The van der Waals surface area contributed by atoms with Crippen LogP contribution in [0.15, 0.2) is 11.6 Å². The lowest BCUT2D eigenvalue weighted by molar-refractivity contribution is -0.150. The number of likely N-dealkylation sites (tertiary alicyclic amines) is 1. The number of fused-ring (bicyclic) bond motifs is 1. The van der Waals surface area contributed by atoms with E-state index in [1.807, 2.05) is 27.7 Å². The second-order valence-corrected chi connectivity index (χ2v) is 7.20. The molecule has 124 valence electrons. The first kappa shape index (κ1) is 16.8. The van der Waals surface area contributed by atoms with Gasteiger partial charge in [-0.15, -0.1) is 0 Å². The Bertz CT molecular complexity index is 491. The lowest BCUT2D eigenvalue weighted by Crippen LogP contribution is -2.48. The molecule has 1 fully saturated rings. The summed E-state index contributed by atoms with van der Waals surface area (Å²) >= 11 is 0. The topological polar surface area (TPSA) is 55.8 Å². The standard InChI is InChI=1S/C17H27NO4/c1-7-21-15(19)14-12-9-8-10(2)13(12)11(3)18(14)16(20)22-17(4,5)6/h8,11-14H,7,9H2,1-6H3/t11-,12+,13+,14+/m1/s1. The molecule has 1 aliphatic heterocycles. The van der Waals surface area contributed by atoms with Crippen molar-refractivity contribution in [2.24, 2.45) is 11.8 Å². The molecule has 1 amide bonds. The fourth-order valence-electron chi connectivity index (χ4n) is 3.75. The monoisotopic (exact) mass is 309 g/mol. The van der Waals surface area contributed by atoms with Crippen molar-refractivity contribution in [2.45, 2.75) is 65.6 Å². The Morgan fingerprint density at radius 1 is 1.36 bits per heavy atom. The van der Waals surface area contributed by atoms with Crippen molar-refractivity contribution in [2.75, 3.05) is 6.61 Å². The van der Waals surface area contributed by atoms with Gasteiger partial charge in [0, 0.05) is 17.9 Å². The average Bonchev–Trinajstić information content (AvgIpc) is 2.87. The lowest BCUT2D eigenvalue weighted by Gasteiger charge is -2.31. The van der Waals surface area contributed by atoms with E-state index in [1.54, 1.807) is 11.8 Å². The Morgan fingerprint density at radius 2 is 2.00 bits per heavy atom. The van der Waals surface area contributed by atoms with E-state index in [9.17, 15) is 9.59 Å². The third-order valence-electron chi connectivity index (χ3n) is 4.50. The zero-order valence-electron chi connectivity index (χ0n) is 14.4. The molecule has 1 aliphatic carbocycles. The molecule has 0 aromatic heterocycles. The highest BCUT2D eigenvalue weighted by Gasteiger charge is 2.55. The minimum Gasteiger partial charge on any atom is -0.464 e. The van der Waals surface area contributed by atoms with E-state index >= 15 is 0 Å². The van der Waals surface area contributed by atoms with Gasteiger partial charge in [-0.1, -0.05) is 11.6 Å². The number of hydrogen-bond acceptors (Lipinski definition) is 4. The van der Waals surface area contributed by atoms with Crippen molar-refractivity contribution in [3.63, 3.8) is 0 Å². The number of ether oxygens (including phenoxy) is 2. The number of nitrogens with zero attached hydrogens (tertiary/aromatic N) is 1. The molecular weight excluding hydrogens is 282 g/mol. The van der Waals surface area contributed by atoms with Crippen LogP contribution < -0.4 is 0 Å². The molecule has 2 aliphatic rings. The number of esters is 1. The minimum atomic E-state index is -0.585. The molecule has 0 saturated carbocycles. The summed E-state index contributed by atoms with van der Waals surface area (Å²) in [6.45, 7) is 11.6. The molecule has 0 bridgehead atoms. The van der Waals surface area contributed by atoms with Gasteiger partial charge in [-0.05, 0) is 48.0 Å². The summed E-state index contributed by atoms with van der Waals surface area (Å²) in [5.74, 6) is -0.0145. The fraction of sp³-hybridized carbons (Fsp3) is 0.765. The molecule has 1 saturated heterocycles. The van der Waals surface area contributed by atoms with E-state index in [0.29, 0.717) is 6.61 Å². The third-order valence-corrected chi connectivity index (χ3v) is 4.50. The maximum Gasteiger partial charge on any atom is 0.411 e. The van der Waals surface area contributed by atoms with Gasteiger partial charge < -0.3 is 9.47 Å². The van der Waals surface area contributed by atoms with Crippen molar-refractivity contribution >= 4 is 12.1 Å². The third kappa shape index (κ3) is 2.99. The van der Waals surface area contributed by atoms with E-state index in [4.69, 9.17) is 9.47 Å². The molecule has 0 radical (unpaired) electrons. The highest BCUT2D eigenvalue weighted by Crippen LogP contribution is 2.46. The summed E-state index contributed by atoms with van der Waals surface area (Å²) in [4.78, 5) is 26.6. The van der Waals surface area contributed by atoms with Crippen molar-refractivity contribution in [3.05, 3.63) is 11.6 Å². The smallest absolute Gasteiger partial charge is 0.411 e. The number of hydrogen-bond donors (Lipinski definition) is 0. The number of rotatable bonds is 2. The van der Waals surface area contributed by atoms with Crippen molar-refractivity contribution in [3.8, 4) is 0 Å². The van der Waals surface area contributed by atoms with Gasteiger partial charge in [-0.2, -0.15) is 0 Å². The van der Waals surface area contributed by atoms with Gasteiger partial charge in [-0.25, -0.2) is 9.59 Å². The van der Waals surface area contributed by atoms with Crippen LogP contribution in [0.1, 0.15) is 48.0 Å². The normalized spacial score (nSPS) is 30.8. The number of amides is 1. The molecule has 0 aromatic carbocycles. The number of carbonyl (C=O) groups excluding carboxylic acids is 2. The molecule has 0 unspecified atom stereocenters. The van der Waals surface area contributed by atoms with Crippen LogP contribution in [0, 0.1) is 11.8 Å². The number of carbonyl (C=O) groups is 2. The molecule has 0 N–H and O–H groups in total. The maximum absolute atomic E-state index is 12.6. The average molecular weight is 309 g/mol. The second kappa shape index (κ2) is 5.94. The molecular formula is C17H27NO4. The molecule has 5 nitrogen and oxygen atoms in total. The van der Waals surface area contributed by atoms with Gasteiger partial charge >= 0.3 is 12.1 Å². The SMILES string of the molecule is CCOC(=O)[C@@H]1[C@H]2CC=C(C)[C@H]2[C@@H](C)N1C(=O)OC(C)(C)C. The summed E-state index contributed by atoms with van der Waals surface area (Å²) in [5, 5.41) is 0. The Kier molecular flexibility index (Phi) is 4.54. The quantitative estimate of drug-likeness (QED) is 0.581. The molecule has 5 heteroatoms. The van der Waals surface area contributed by atoms with Crippen LogP contribution in [-0.4, -0.2) is 41.3 Å². The molecule has 22 heavy (non-hydrogen) atoms. The predicted molar refractivity (Wildman–Crippen MR) is 83.3 cm³/mol. The van der Waals surface area contributed by atoms with E-state index in [0.717, 1.165) is 6.42 Å². The van der Waals surface area contributed by atoms with E-state index in [-0.39, 0.29) is 23.8 Å². The Hall–Kier alpha value is -1.52. The highest BCUT2D eigenvalue weighted by atomic mass is 16.6. The summed E-state index contributed by atoms with van der Waals surface area (Å²) in [5.41, 5.74) is 0.663. The molecule has 2 rings (SSSR count). The summed E-state index contributed by atoms with van der Waals surface area (Å²) in [6.07, 6.45) is 2.55. The zero-order chi connectivity index (χ0) is 16.7. The molecule has 1 heterocycles. The molecule has 0 spiro atoms. The van der Waals surface area contributed by atoms with Crippen LogP contribution in [-0.2, 0) is 14.3 Å². The van der Waals surface area contributed by atoms with Crippen LogP contribution in [0.2, 0.25) is 0 Å². The van der Waals surface area contributed by atoms with Crippen LogP contribution >= 0.6 is 0 Å². The Balaban J connectivity index is 2.30. The van der Waals surface area contributed by atoms with E-state index in [1.165, 1.54) is 5.57 Å². The predicted octanol–water partition coefficient (Wildman–Crippen LogP) is 3.14. The van der Waals surface area contributed by atoms with Gasteiger partial charge in [0.25, 0.3) is 0 Å². The highest BCUT2D eigenvalue weighted by molar-refractivity contribution is 5.83. The van der Waals surface area contributed by atoms with Gasteiger partial charge in [0.05, 0.1) is 6.61 Å². The zero-order valence-corrected chi connectivity index (χ0v) is 14.4. The van der Waals surface area contributed by atoms with Crippen LogP contribution in [0.5, 0.6) is 0 Å². The van der Waals surface area contributed by atoms with Crippen LogP contribution in [0.3, 0.4) is 0 Å². The molecule has 0 aromatic rings. The van der Waals surface area contributed by atoms with Gasteiger partial charge in [-0.3, -0.25) is 4.90 Å².